The third kappa shape index (κ3) is 7.33. The van der Waals surface area contributed by atoms with Crippen molar-refractivity contribution in [1.29, 1.82) is 0 Å². The van der Waals surface area contributed by atoms with Gasteiger partial charge in [-0.1, -0.05) is 18.2 Å². The highest BCUT2D eigenvalue weighted by atomic mass is 127. The highest BCUT2D eigenvalue weighted by molar-refractivity contribution is 14.0. The molecule has 1 amide bonds. The molecule has 8 heteroatoms. The second-order valence-corrected chi connectivity index (χ2v) is 5.37. The number of amides is 1. The summed E-state index contributed by atoms with van der Waals surface area (Å²) in [6, 6.07) is 14.9. The molecule has 0 heterocycles. The van der Waals surface area contributed by atoms with E-state index in [0.29, 0.717) is 18.3 Å². The summed E-state index contributed by atoms with van der Waals surface area (Å²) < 4.78 is 10.6. The zero-order valence-corrected chi connectivity index (χ0v) is 17.9. The average Bonchev–Trinajstić information content (AvgIpc) is 2.68. The molecule has 2 aromatic carbocycles. The van der Waals surface area contributed by atoms with E-state index in [1.165, 1.54) is 0 Å². The van der Waals surface area contributed by atoms with Crippen LogP contribution in [0, 0.1) is 0 Å². The Bertz CT molecular complexity index is 754. The molecule has 0 bridgehead atoms. The lowest BCUT2D eigenvalue weighted by atomic mass is 10.2. The van der Waals surface area contributed by atoms with Gasteiger partial charge < -0.3 is 25.4 Å². The van der Waals surface area contributed by atoms with Gasteiger partial charge in [-0.2, -0.15) is 0 Å². The van der Waals surface area contributed by atoms with Gasteiger partial charge in [0.05, 0.1) is 20.8 Å². The largest absolute Gasteiger partial charge is 0.497 e. The van der Waals surface area contributed by atoms with Crippen LogP contribution in [0.25, 0.3) is 0 Å². The number of methoxy groups -OCH3 is 2. The van der Waals surface area contributed by atoms with Crippen molar-refractivity contribution in [1.82, 2.24) is 10.6 Å². The van der Waals surface area contributed by atoms with Crippen molar-refractivity contribution in [3.63, 3.8) is 0 Å². The van der Waals surface area contributed by atoms with Gasteiger partial charge in [0.1, 0.15) is 11.5 Å². The van der Waals surface area contributed by atoms with Gasteiger partial charge >= 0.3 is 0 Å². The number of hydrogen-bond donors (Lipinski definition) is 3. The van der Waals surface area contributed by atoms with Gasteiger partial charge in [-0.05, 0) is 24.3 Å². The number of ether oxygens (including phenoxy) is 2. The molecule has 27 heavy (non-hydrogen) atoms. The normalized spacial score (nSPS) is 10.4. The Morgan fingerprint density at radius 2 is 1.78 bits per heavy atom. The van der Waals surface area contributed by atoms with E-state index >= 15 is 0 Å². The number of anilines is 1. The summed E-state index contributed by atoms with van der Waals surface area (Å²) in [5, 5.41) is 8.94. The molecule has 2 aromatic rings. The maximum absolute atomic E-state index is 12.0. The van der Waals surface area contributed by atoms with Crippen molar-refractivity contribution < 1.29 is 14.3 Å². The number of nitrogens with zero attached hydrogens (tertiary/aromatic N) is 1. The maximum atomic E-state index is 12.0. The van der Waals surface area contributed by atoms with Gasteiger partial charge in [0.2, 0.25) is 5.91 Å². The number of hydrogen-bond acceptors (Lipinski definition) is 4. The summed E-state index contributed by atoms with van der Waals surface area (Å²) in [5.74, 6) is 1.81. The highest BCUT2D eigenvalue weighted by Crippen LogP contribution is 2.24. The van der Waals surface area contributed by atoms with E-state index < -0.39 is 0 Å². The van der Waals surface area contributed by atoms with Crippen molar-refractivity contribution in [2.75, 3.05) is 33.1 Å². The predicted octanol–water partition coefficient (Wildman–Crippen LogP) is 2.63. The smallest absolute Gasteiger partial charge is 0.243 e. The van der Waals surface area contributed by atoms with Crippen LogP contribution in [0.2, 0.25) is 0 Å². The first-order chi connectivity index (χ1) is 12.7. The van der Waals surface area contributed by atoms with E-state index in [4.69, 9.17) is 9.47 Å². The monoisotopic (exact) mass is 484 g/mol. The second kappa shape index (κ2) is 12.0. The first-order valence-electron chi connectivity index (χ1n) is 8.16. The fourth-order valence-electron chi connectivity index (χ4n) is 2.29. The minimum absolute atomic E-state index is 0. The molecule has 0 unspecified atom stereocenters. The lowest BCUT2D eigenvalue weighted by molar-refractivity contribution is -0.115. The van der Waals surface area contributed by atoms with Crippen LogP contribution < -0.4 is 25.4 Å². The fraction of sp³-hybridized carbons (Fsp3) is 0.263. The first-order valence-corrected chi connectivity index (χ1v) is 8.16. The SMILES string of the molecule is CN=C(NCC(=O)Nc1ccccc1)NCc1ccc(OC)cc1OC.I. The second-order valence-electron chi connectivity index (χ2n) is 5.37. The summed E-state index contributed by atoms with van der Waals surface area (Å²) in [5.41, 5.74) is 1.70. The van der Waals surface area contributed by atoms with Crippen LogP contribution in [0.3, 0.4) is 0 Å². The van der Waals surface area contributed by atoms with Crippen molar-refractivity contribution in [3.05, 3.63) is 54.1 Å². The molecule has 0 atom stereocenters. The lowest BCUT2D eigenvalue weighted by Gasteiger charge is -2.14. The van der Waals surface area contributed by atoms with Crippen molar-refractivity contribution in [3.8, 4) is 11.5 Å². The third-order valence-corrected chi connectivity index (χ3v) is 3.64. The number of carbonyl (C=O) groups is 1. The van der Waals surface area contributed by atoms with Crippen molar-refractivity contribution in [2.45, 2.75) is 6.54 Å². The van der Waals surface area contributed by atoms with Gasteiger partial charge in [0.25, 0.3) is 0 Å². The van der Waals surface area contributed by atoms with E-state index in [9.17, 15) is 4.79 Å². The number of halogens is 1. The van der Waals surface area contributed by atoms with Crippen LogP contribution in [0.5, 0.6) is 11.5 Å². The summed E-state index contributed by atoms with van der Waals surface area (Å²) in [6.07, 6.45) is 0. The zero-order chi connectivity index (χ0) is 18.8. The standard InChI is InChI=1S/C19H24N4O3.HI/c1-20-19(22-13-18(24)23-15-7-5-4-6-8-15)21-12-14-9-10-16(25-2)11-17(14)26-3;/h4-11H,12-13H2,1-3H3,(H,23,24)(H2,20,21,22);1H. The van der Waals surface area contributed by atoms with Crippen molar-refractivity contribution in [2.24, 2.45) is 4.99 Å². The number of carbonyl (C=O) groups excluding carboxylic acids is 1. The number of para-hydroxylation sites is 1. The van der Waals surface area contributed by atoms with E-state index in [1.807, 2.05) is 48.5 Å². The summed E-state index contributed by atoms with van der Waals surface area (Å²) in [7, 11) is 4.87. The molecule has 3 N–H and O–H groups in total. The molecule has 0 fully saturated rings. The number of benzene rings is 2. The molecule has 0 aliphatic carbocycles. The van der Waals surface area contributed by atoms with E-state index in [1.54, 1.807) is 21.3 Å². The highest BCUT2D eigenvalue weighted by Gasteiger charge is 2.07. The van der Waals surface area contributed by atoms with E-state index in [2.05, 4.69) is 20.9 Å². The van der Waals surface area contributed by atoms with Gasteiger partial charge in [0, 0.05) is 30.9 Å². The molecule has 0 aliphatic rings. The molecule has 0 saturated carbocycles. The Hall–Kier alpha value is -2.49. The number of guanidine groups is 1. The molecule has 0 saturated heterocycles. The predicted molar refractivity (Wildman–Crippen MR) is 118 cm³/mol. The molecular formula is C19H25IN4O3. The van der Waals surface area contributed by atoms with Crippen LogP contribution in [-0.4, -0.2) is 39.7 Å². The quantitative estimate of drug-likeness (QED) is 0.320. The molecule has 2 rings (SSSR count). The Morgan fingerprint density at radius 1 is 1.04 bits per heavy atom. The molecule has 0 radical (unpaired) electrons. The number of rotatable bonds is 7. The van der Waals surface area contributed by atoms with Gasteiger partial charge in [-0.3, -0.25) is 9.79 Å². The van der Waals surface area contributed by atoms with Crippen LogP contribution in [-0.2, 0) is 11.3 Å². The van der Waals surface area contributed by atoms with Crippen LogP contribution >= 0.6 is 24.0 Å². The van der Waals surface area contributed by atoms with Crippen molar-refractivity contribution >= 4 is 41.5 Å². The minimum atomic E-state index is -0.152. The Balaban J connectivity index is 0.00000364. The molecule has 0 aliphatic heterocycles. The lowest BCUT2D eigenvalue weighted by Crippen LogP contribution is -2.41. The zero-order valence-electron chi connectivity index (χ0n) is 15.6. The van der Waals surface area contributed by atoms with Crippen LogP contribution in [0.15, 0.2) is 53.5 Å². The molecular weight excluding hydrogens is 459 g/mol. The number of nitrogens with one attached hydrogen (secondary N) is 3. The molecule has 0 spiro atoms. The van der Waals surface area contributed by atoms with E-state index in [-0.39, 0.29) is 36.4 Å². The van der Waals surface area contributed by atoms with Crippen LogP contribution in [0.1, 0.15) is 5.56 Å². The summed E-state index contributed by atoms with van der Waals surface area (Å²) in [4.78, 5) is 16.1. The molecule has 7 nitrogen and oxygen atoms in total. The number of aliphatic imine (C=N–C) groups is 1. The van der Waals surface area contributed by atoms with Gasteiger partial charge in [-0.15, -0.1) is 24.0 Å². The average molecular weight is 484 g/mol. The van der Waals surface area contributed by atoms with Gasteiger partial charge in [-0.25, -0.2) is 0 Å². The molecule has 146 valence electrons. The summed E-state index contributed by atoms with van der Waals surface area (Å²) in [6.45, 7) is 0.599. The minimum Gasteiger partial charge on any atom is -0.497 e. The first kappa shape index (κ1) is 22.6. The summed E-state index contributed by atoms with van der Waals surface area (Å²) >= 11 is 0. The Kier molecular flexibility index (Phi) is 10.0. The van der Waals surface area contributed by atoms with Gasteiger partial charge in [0.15, 0.2) is 5.96 Å². The van der Waals surface area contributed by atoms with Crippen LogP contribution in [0.4, 0.5) is 5.69 Å². The van der Waals surface area contributed by atoms with E-state index in [0.717, 1.165) is 17.0 Å². The topological polar surface area (TPSA) is 84.0 Å². The molecule has 0 aromatic heterocycles. The Labute approximate surface area is 176 Å². The maximum Gasteiger partial charge on any atom is 0.243 e. The Morgan fingerprint density at radius 3 is 2.41 bits per heavy atom. The fourth-order valence-corrected chi connectivity index (χ4v) is 2.29. The third-order valence-electron chi connectivity index (χ3n) is 3.64.